The highest BCUT2D eigenvalue weighted by Crippen LogP contribution is 2.10. The molecule has 12 heavy (non-hydrogen) atoms. The minimum absolute atomic E-state index is 0.382. The maximum absolute atomic E-state index is 11.0. The van der Waals surface area contributed by atoms with Gasteiger partial charge in [0.15, 0.2) is 0 Å². The first-order valence-corrected chi connectivity index (χ1v) is 4.04. The van der Waals surface area contributed by atoms with Crippen LogP contribution in [0.25, 0.3) is 0 Å². The van der Waals surface area contributed by atoms with Crippen LogP contribution >= 0.6 is 0 Å². The van der Waals surface area contributed by atoms with Crippen LogP contribution in [-0.4, -0.2) is 12.0 Å². The summed E-state index contributed by atoms with van der Waals surface area (Å²) in [5, 5.41) is 0. The average molecular weight is 167 g/mol. The van der Waals surface area contributed by atoms with E-state index in [1.54, 1.807) is 13.0 Å². The smallest absolute Gasteiger partial charge is 0.327 e. The van der Waals surface area contributed by atoms with E-state index in [0.717, 1.165) is 12.8 Å². The lowest BCUT2D eigenvalue weighted by Gasteiger charge is -2.09. The fourth-order valence-corrected chi connectivity index (χ4v) is 0.874. The van der Waals surface area contributed by atoms with Gasteiger partial charge in [-0.1, -0.05) is 6.08 Å². The molecule has 3 heteroatoms. The number of rotatable bonds is 2. The standard InChI is InChI=1S/C9H13NO2/c1-7(10)9(11)12-8-5-3-2-4-6-8/h3,5-7H,2,4,10H2,1H3/t7-/m0/s1. The summed E-state index contributed by atoms with van der Waals surface area (Å²) in [7, 11) is 0. The minimum atomic E-state index is -0.554. The van der Waals surface area contributed by atoms with E-state index in [2.05, 4.69) is 0 Å². The van der Waals surface area contributed by atoms with Crippen LogP contribution in [0, 0.1) is 0 Å². The number of esters is 1. The molecular formula is C9H13NO2. The highest BCUT2D eigenvalue weighted by atomic mass is 16.5. The molecule has 66 valence electrons. The van der Waals surface area contributed by atoms with Gasteiger partial charge in [0.2, 0.25) is 0 Å². The Kier molecular flexibility index (Phi) is 3.05. The van der Waals surface area contributed by atoms with Crippen molar-refractivity contribution in [2.45, 2.75) is 25.8 Å². The van der Waals surface area contributed by atoms with Gasteiger partial charge in [0, 0.05) is 0 Å². The van der Waals surface area contributed by atoms with Crippen molar-refractivity contribution in [1.29, 1.82) is 0 Å². The first kappa shape index (κ1) is 9.00. The molecule has 0 amide bonds. The molecule has 0 radical (unpaired) electrons. The van der Waals surface area contributed by atoms with Gasteiger partial charge in [0.05, 0.1) is 0 Å². The number of nitrogens with two attached hydrogens (primary N) is 1. The van der Waals surface area contributed by atoms with Crippen LogP contribution in [0.4, 0.5) is 0 Å². The Balaban J connectivity index is 2.46. The van der Waals surface area contributed by atoms with E-state index >= 15 is 0 Å². The van der Waals surface area contributed by atoms with Crippen molar-refractivity contribution >= 4 is 5.97 Å². The number of allylic oxidation sites excluding steroid dienone is 3. The van der Waals surface area contributed by atoms with Crippen molar-refractivity contribution in [3.63, 3.8) is 0 Å². The van der Waals surface area contributed by atoms with Crippen LogP contribution in [0.3, 0.4) is 0 Å². The van der Waals surface area contributed by atoms with Crippen LogP contribution in [0.15, 0.2) is 24.0 Å². The fraction of sp³-hybridized carbons (Fsp3) is 0.444. The minimum Gasteiger partial charge on any atom is -0.426 e. The van der Waals surface area contributed by atoms with Gasteiger partial charge in [-0.25, -0.2) is 4.79 Å². The Labute approximate surface area is 71.9 Å². The Bertz CT molecular complexity index is 229. The van der Waals surface area contributed by atoms with Gasteiger partial charge in [0.1, 0.15) is 11.8 Å². The van der Waals surface area contributed by atoms with Crippen molar-refractivity contribution in [3.8, 4) is 0 Å². The van der Waals surface area contributed by atoms with Gasteiger partial charge in [-0.05, 0) is 31.9 Å². The van der Waals surface area contributed by atoms with E-state index in [0.29, 0.717) is 5.76 Å². The summed E-state index contributed by atoms with van der Waals surface area (Å²) in [5.74, 6) is 0.233. The zero-order chi connectivity index (χ0) is 8.97. The third-order valence-corrected chi connectivity index (χ3v) is 1.55. The molecular weight excluding hydrogens is 154 g/mol. The van der Waals surface area contributed by atoms with Crippen LogP contribution < -0.4 is 5.73 Å². The van der Waals surface area contributed by atoms with Crippen molar-refractivity contribution in [3.05, 3.63) is 24.0 Å². The van der Waals surface area contributed by atoms with Crippen molar-refractivity contribution in [1.82, 2.24) is 0 Å². The Hall–Kier alpha value is -1.09. The summed E-state index contributed by atoms with van der Waals surface area (Å²) >= 11 is 0. The second kappa shape index (κ2) is 4.07. The summed E-state index contributed by atoms with van der Waals surface area (Å²) < 4.78 is 4.96. The van der Waals surface area contributed by atoms with Crippen LogP contribution in [-0.2, 0) is 9.53 Å². The second-order valence-electron chi connectivity index (χ2n) is 2.80. The quantitative estimate of drug-likeness (QED) is 0.627. The molecule has 0 bridgehead atoms. The summed E-state index contributed by atoms with van der Waals surface area (Å²) in [6, 6.07) is -0.554. The van der Waals surface area contributed by atoms with Crippen molar-refractivity contribution in [2.24, 2.45) is 5.73 Å². The molecule has 0 aromatic rings. The third kappa shape index (κ3) is 2.51. The van der Waals surface area contributed by atoms with Crippen molar-refractivity contribution in [2.75, 3.05) is 0 Å². The summed E-state index contributed by atoms with van der Waals surface area (Å²) in [5.41, 5.74) is 5.33. The maximum Gasteiger partial charge on any atom is 0.327 e. The van der Waals surface area contributed by atoms with E-state index in [-0.39, 0.29) is 5.97 Å². The lowest BCUT2D eigenvalue weighted by atomic mass is 10.2. The second-order valence-corrected chi connectivity index (χ2v) is 2.80. The van der Waals surface area contributed by atoms with E-state index in [1.807, 2.05) is 12.2 Å². The molecule has 0 aromatic heterocycles. The number of carbonyl (C=O) groups excluding carboxylic acids is 1. The molecule has 0 aliphatic heterocycles. The maximum atomic E-state index is 11.0. The van der Waals surface area contributed by atoms with Crippen LogP contribution in [0.2, 0.25) is 0 Å². The highest BCUT2D eigenvalue weighted by Gasteiger charge is 2.10. The largest absolute Gasteiger partial charge is 0.426 e. The predicted molar refractivity (Wildman–Crippen MR) is 46.2 cm³/mol. The van der Waals surface area contributed by atoms with E-state index in [9.17, 15) is 4.79 Å². The molecule has 0 saturated carbocycles. The number of hydrogen-bond donors (Lipinski definition) is 1. The molecule has 0 heterocycles. The zero-order valence-electron chi connectivity index (χ0n) is 7.12. The van der Waals surface area contributed by atoms with Gasteiger partial charge in [0.25, 0.3) is 0 Å². The molecule has 1 rings (SSSR count). The molecule has 0 fully saturated rings. The molecule has 0 spiro atoms. The highest BCUT2D eigenvalue weighted by molar-refractivity contribution is 5.76. The lowest BCUT2D eigenvalue weighted by Crippen LogP contribution is -2.28. The Morgan fingerprint density at radius 2 is 2.42 bits per heavy atom. The van der Waals surface area contributed by atoms with Crippen LogP contribution in [0.1, 0.15) is 19.8 Å². The van der Waals surface area contributed by atoms with E-state index in [4.69, 9.17) is 10.5 Å². The first-order valence-electron chi connectivity index (χ1n) is 4.04. The molecule has 0 aromatic carbocycles. The van der Waals surface area contributed by atoms with Crippen molar-refractivity contribution < 1.29 is 9.53 Å². The van der Waals surface area contributed by atoms with Crippen LogP contribution in [0.5, 0.6) is 0 Å². The van der Waals surface area contributed by atoms with E-state index in [1.165, 1.54) is 0 Å². The fourth-order valence-electron chi connectivity index (χ4n) is 0.874. The van der Waals surface area contributed by atoms with E-state index < -0.39 is 6.04 Å². The SMILES string of the molecule is C[C@H](N)C(=O)OC1=CCCC=C1. The van der Waals surface area contributed by atoms with Gasteiger partial charge in [-0.3, -0.25) is 0 Å². The molecule has 0 unspecified atom stereocenters. The first-order chi connectivity index (χ1) is 5.70. The number of carbonyl (C=O) groups is 1. The Morgan fingerprint density at radius 1 is 1.67 bits per heavy atom. The molecule has 2 N–H and O–H groups in total. The Morgan fingerprint density at radius 3 is 2.92 bits per heavy atom. The number of hydrogen-bond acceptors (Lipinski definition) is 3. The summed E-state index contributed by atoms with van der Waals surface area (Å²) in [4.78, 5) is 11.0. The van der Waals surface area contributed by atoms with Gasteiger partial charge in [-0.2, -0.15) is 0 Å². The number of ether oxygens (including phenoxy) is 1. The third-order valence-electron chi connectivity index (χ3n) is 1.55. The van der Waals surface area contributed by atoms with Gasteiger partial charge >= 0.3 is 5.97 Å². The summed E-state index contributed by atoms with van der Waals surface area (Å²) in [6.07, 6.45) is 7.60. The van der Waals surface area contributed by atoms with Gasteiger partial charge in [-0.15, -0.1) is 0 Å². The molecule has 1 atom stereocenters. The monoisotopic (exact) mass is 167 g/mol. The molecule has 1 aliphatic rings. The predicted octanol–water partition coefficient (Wildman–Crippen LogP) is 1.11. The summed E-state index contributed by atoms with van der Waals surface area (Å²) in [6.45, 7) is 1.61. The van der Waals surface area contributed by atoms with Gasteiger partial charge < -0.3 is 10.5 Å². The molecule has 0 saturated heterocycles. The lowest BCUT2D eigenvalue weighted by molar-refractivity contribution is -0.140. The normalized spacial score (nSPS) is 18.3. The average Bonchev–Trinajstić information content (AvgIpc) is 2.06. The topological polar surface area (TPSA) is 52.3 Å². The molecule has 3 nitrogen and oxygen atoms in total. The zero-order valence-corrected chi connectivity index (χ0v) is 7.12. The molecule has 1 aliphatic carbocycles.